The van der Waals surface area contributed by atoms with Gasteiger partial charge in [-0.3, -0.25) is 4.98 Å². The molecule has 1 N–H and O–H groups in total. The van der Waals surface area contributed by atoms with Gasteiger partial charge in [0.1, 0.15) is 5.75 Å². The predicted molar refractivity (Wildman–Crippen MR) is 116 cm³/mol. The third-order valence-corrected chi connectivity index (χ3v) is 5.07. The highest BCUT2D eigenvalue weighted by atomic mass is 35.5. The first-order chi connectivity index (χ1) is 13.7. The van der Waals surface area contributed by atoms with Crippen LogP contribution in [0.2, 0.25) is 5.02 Å². The first-order valence-corrected chi connectivity index (χ1v) is 9.28. The van der Waals surface area contributed by atoms with E-state index in [0.717, 1.165) is 49.8 Å². The number of nitrogens with zero attached hydrogens (tertiary/aromatic N) is 2. The molecule has 4 nitrogen and oxygen atoms in total. The van der Waals surface area contributed by atoms with Crippen molar-refractivity contribution < 1.29 is 4.74 Å². The average molecular weight is 386 g/mol. The molecule has 0 saturated heterocycles. The van der Waals surface area contributed by atoms with Crippen molar-refractivity contribution in [2.75, 3.05) is 12.4 Å². The van der Waals surface area contributed by atoms with Gasteiger partial charge in [-0.25, -0.2) is 4.98 Å². The topological polar surface area (TPSA) is 47.0 Å². The maximum atomic E-state index is 6.22. The second-order valence-electron chi connectivity index (χ2n) is 6.54. The van der Waals surface area contributed by atoms with Crippen molar-refractivity contribution in [3.63, 3.8) is 0 Å². The van der Waals surface area contributed by atoms with E-state index < -0.39 is 0 Å². The Bertz CT molecular complexity index is 1350. The van der Waals surface area contributed by atoms with E-state index in [1.165, 1.54) is 0 Å². The van der Waals surface area contributed by atoms with Crippen LogP contribution in [0.25, 0.3) is 32.7 Å². The average Bonchev–Trinajstić information content (AvgIpc) is 2.73. The Balaban J connectivity index is 1.82. The van der Waals surface area contributed by atoms with Crippen LogP contribution in [0.4, 0.5) is 11.4 Å². The number of fused-ring (bicyclic) bond motifs is 3. The number of pyridine rings is 2. The van der Waals surface area contributed by atoms with Gasteiger partial charge in [-0.15, -0.1) is 0 Å². The highest BCUT2D eigenvalue weighted by Crippen LogP contribution is 2.37. The van der Waals surface area contributed by atoms with Gasteiger partial charge in [-0.1, -0.05) is 29.8 Å². The Morgan fingerprint density at radius 1 is 0.893 bits per heavy atom. The number of ether oxygens (including phenoxy) is 1. The highest BCUT2D eigenvalue weighted by molar-refractivity contribution is 6.31. The number of aromatic nitrogens is 2. The number of methoxy groups -OCH3 is 1. The van der Waals surface area contributed by atoms with E-state index in [1.807, 2.05) is 54.6 Å². The molecule has 3 aromatic carbocycles. The van der Waals surface area contributed by atoms with Gasteiger partial charge in [0.2, 0.25) is 0 Å². The molecular formula is C23H16ClN3O. The SMILES string of the molecule is COc1ccc2nc3cc(Cl)ccc3c(Nc3cccc4cccnc34)c2c1. The van der Waals surface area contributed by atoms with Crippen LogP contribution >= 0.6 is 11.6 Å². The number of anilines is 2. The molecule has 0 fully saturated rings. The van der Waals surface area contributed by atoms with Crippen LogP contribution in [0.3, 0.4) is 0 Å². The fraction of sp³-hybridized carbons (Fsp3) is 0.0435. The summed E-state index contributed by atoms with van der Waals surface area (Å²) in [7, 11) is 1.66. The third kappa shape index (κ3) is 2.79. The van der Waals surface area contributed by atoms with Crippen LogP contribution < -0.4 is 10.1 Å². The van der Waals surface area contributed by atoms with Gasteiger partial charge in [0.15, 0.2) is 0 Å². The van der Waals surface area contributed by atoms with Crippen LogP contribution in [-0.4, -0.2) is 17.1 Å². The highest BCUT2D eigenvalue weighted by Gasteiger charge is 2.13. The summed E-state index contributed by atoms with van der Waals surface area (Å²) in [6.07, 6.45) is 1.80. The minimum Gasteiger partial charge on any atom is -0.497 e. The lowest BCUT2D eigenvalue weighted by Crippen LogP contribution is -1.97. The summed E-state index contributed by atoms with van der Waals surface area (Å²) in [5, 5.41) is 7.30. The molecule has 0 saturated carbocycles. The fourth-order valence-corrected chi connectivity index (χ4v) is 3.66. The van der Waals surface area contributed by atoms with Crippen molar-refractivity contribution in [2.24, 2.45) is 0 Å². The largest absolute Gasteiger partial charge is 0.497 e. The van der Waals surface area contributed by atoms with E-state index in [0.29, 0.717) is 5.02 Å². The van der Waals surface area contributed by atoms with Crippen LogP contribution in [0, 0.1) is 0 Å². The molecular weight excluding hydrogens is 370 g/mol. The number of hydrogen-bond donors (Lipinski definition) is 1. The van der Waals surface area contributed by atoms with Crippen molar-refractivity contribution in [1.82, 2.24) is 9.97 Å². The maximum Gasteiger partial charge on any atom is 0.119 e. The molecule has 136 valence electrons. The maximum absolute atomic E-state index is 6.22. The van der Waals surface area contributed by atoms with Crippen molar-refractivity contribution in [1.29, 1.82) is 0 Å². The number of nitrogens with one attached hydrogen (secondary N) is 1. The number of halogens is 1. The summed E-state index contributed by atoms with van der Waals surface area (Å²) >= 11 is 6.22. The Morgan fingerprint density at radius 2 is 1.79 bits per heavy atom. The summed E-state index contributed by atoms with van der Waals surface area (Å²) in [5.41, 5.74) is 4.51. The second-order valence-corrected chi connectivity index (χ2v) is 6.97. The lowest BCUT2D eigenvalue weighted by molar-refractivity contribution is 0.415. The zero-order valence-corrected chi connectivity index (χ0v) is 15.9. The molecule has 0 amide bonds. The van der Waals surface area contributed by atoms with Gasteiger partial charge in [0.25, 0.3) is 0 Å². The molecule has 5 heteroatoms. The molecule has 0 unspecified atom stereocenters. The molecule has 0 spiro atoms. The molecule has 0 aliphatic rings. The van der Waals surface area contributed by atoms with Gasteiger partial charge < -0.3 is 10.1 Å². The van der Waals surface area contributed by atoms with E-state index in [4.69, 9.17) is 21.3 Å². The Labute approximate surface area is 166 Å². The van der Waals surface area contributed by atoms with Crippen LogP contribution in [-0.2, 0) is 0 Å². The molecule has 2 aromatic heterocycles. The lowest BCUT2D eigenvalue weighted by Gasteiger charge is -2.15. The molecule has 5 aromatic rings. The normalized spacial score (nSPS) is 11.2. The predicted octanol–water partition coefficient (Wildman–Crippen LogP) is 6.34. The van der Waals surface area contributed by atoms with Gasteiger partial charge in [-0.2, -0.15) is 0 Å². The van der Waals surface area contributed by atoms with Gasteiger partial charge >= 0.3 is 0 Å². The molecule has 0 aliphatic heterocycles. The minimum atomic E-state index is 0.658. The first kappa shape index (κ1) is 16.8. The summed E-state index contributed by atoms with van der Waals surface area (Å²) in [6.45, 7) is 0. The van der Waals surface area contributed by atoms with Crippen molar-refractivity contribution in [3.05, 3.63) is 77.9 Å². The van der Waals surface area contributed by atoms with E-state index in [-0.39, 0.29) is 0 Å². The van der Waals surface area contributed by atoms with Crippen molar-refractivity contribution in [3.8, 4) is 5.75 Å². The Kier molecular flexibility index (Phi) is 3.99. The molecule has 5 rings (SSSR count). The quantitative estimate of drug-likeness (QED) is 0.368. The Morgan fingerprint density at radius 3 is 2.68 bits per heavy atom. The van der Waals surface area contributed by atoms with Crippen LogP contribution in [0.1, 0.15) is 0 Å². The fourth-order valence-electron chi connectivity index (χ4n) is 3.50. The molecule has 0 atom stereocenters. The molecule has 0 aliphatic carbocycles. The van der Waals surface area contributed by atoms with E-state index in [2.05, 4.69) is 22.4 Å². The number of para-hydroxylation sites is 1. The van der Waals surface area contributed by atoms with E-state index in [1.54, 1.807) is 13.3 Å². The van der Waals surface area contributed by atoms with Gasteiger partial charge in [0, 0.05) is 27.4 Å². The van der Waals surface area contributed by atoms with Gasteiger partial charge in [0.05, 0.1) is 35.0 Å². The van der Waals surface area contributed by atoms with E-state index >= 15 is 0 Å². The molecule has 28 heavy (non-hydrogen) atoms. The molecule has 0 radical (unpaired) electrons. The Hall–Kier alpha value is -3.37. The van der Waals surface area contributed by atoms with Gasteiger partial charge in [-0.05, 0) is 48.5 Å². The zero-order chi connectivity index (χ0) is 19.1. The molecule has 2 heterocycles. The first-order valence-electron chi connectivity index (χ1n) is 8.91. The summed E-state index contributed by atoms with van der Waals surface area (Å²) < 4.78 is 5.44. The van der Waals surface area contributed by atoms with Crippen LogP contribution in [0.5, 0.6) is 5.75 Å². The second kappa shape index (κ2) is 6.66. The van der Waals surface area contributed by atoms with Crippen molar-refractivity contribution in [2.45, 2.75) is 0 Å². The summed E-state index contributed by atoms with van der Waals surface area (Å²) in [5.74, 6) is 0.779. The van der Waals surface area contributed by atoms with Crippen LogP contribution in [0.15, 0.2) is 72.9 Å². The molecule has 0 bridgehead atoms. The monoisotopic (exact) mass is 385 g/mol. The summed E-state index contributed by atoms with van der Waals surface area (Å²) in [4.78, 5) is 9.34. The number of benzene rings is 3. The third-order valence-electron chi connectivity index (χ3n) is 4.84. The standard InChI is InChI=1S/C23H16ClN3O/c1-28-16-8-10-19-18(13-16)23(17-9-7-15(24)12-21(17)26-19)27-20-6-2-4-14-5-3-11-25-22(14)20/h2-13H,1H3,(H,26,27). The number of hydrogen-bond acceptors (Lipinski definition) is 4. The number of rotatable bonds is 3. The lowest BCUT2D eigenvalue weighted by atomic mass is 10.1. The van der Waals surface area contributed by atoms with E-state index in [9.17, 15) is 0 Å². The zero-order valence-electron chi connectivity index (χ0n) is 15.1. The van der Waals surface area contributed by atoms with Crippen molar-refractivity contribution >= 4 is 55.7 Å². The summed E-state index contributed by atoms with van der Waals surface area (Å²) in [6, 6.07) is 21.7. The minimum absolute atomic E-state index is 0.658. The smallest absolute Gasteiger partial charge is 0.119 e.